The lowest BCUT2D eigenvalue weighted by atomic mass is 9.88. The van der Waals surface area contributed by atoms with E-state index in [2.05, 4.69) is 15.9 Å². The average molecular weight is 330 g/mol. The second-order valence-electron chi connectivity index (χ2n) is 5.05. The monoisotopic (exact) mass is 329 g/mol. The first-order valence-corrected chi connectivity index (χ1v) is 7.19. The SMILES string of the molecule is CC(C(=O)O)(c1ccc(Br)cc1F)N1CCCCC1. The minimum Gasteiger partial charge on any atom is -0.480 e. The van der Waals surface area contributed by atoms with Crippen LogP contribution in [0.25, 0.3) is 0 Å². The summed E-state index contributed by atoms with van der Waals surface area (Å²) >= 11 is 3.20. The number of nitrogens with zero attached hydrogens (tertiary/aromatic N) is 1. The smallest absolute Gasteiger partial charge is 0.328 e. The number of hydrogen-bond donors (Lipinski definition) is 1. The lowest BCUT2D eigenvalue weighted by Crippen LogP contribution is -2.52. The van der Waals surface area contributed by atoms with E-state index in [1.807, 2.05) is 4.90 Å². The van der Waals surface area contributed by atoms with Gasteiger partial charge in [-0.15, -0.1) is 0 Å². The van der Waals surface area contributed by atoms with Gasteiger partial charge >= 0.3 is 5.97 Å². The van der Waals surface area contributed by atoms with Crippen molar-refractivity contribution in [3.63, 3.8) is 0 Å². The van der Waals surface area contributed by atoms with Crippen LogP contribution in [0.5, 0.6) is 0 Å². The predicted molar refractivity (Wildman–Crippen MR) is 74.5 cm³/mol. The fourth-order valence-corrected chi connectivity index (χ4v) is 2.98. The molecule has 1 heterocycles. The molecule has 1 aromatic carbocycles. The summed E-state index contributed by atoms with van der Waals surface area (Å²) in [7, 11) is 0. The highest BCUT2D eigenvalue weighted by molar-refractivity contribution is 9.10. The highest BCUT2D eigenvalue weighted by atomic mass is 79.9. The molecule has 104 valence electrons. The molecule has 0 spiro atoms. The molecule has 1 N–H and O–H groups in total. The number of piperidine rings is 1. The van der Waals surface area contributed by atoms with Crippen molar-refractivity contribution in [1.29, 1.82) is 0 Å². The Labute approximate surface area is 120 Å². The average Bonchev–Trinajstić information content (AvgIpc) is 2.38. The third kappa shape index (κ3) is 2.67. The Balaban J connectivity index is 2.46. The quantitative estimate of drug-likeness (QED) is 0.924. The van der Waals surface area contributed by atoms with Gasteiger partial charge in [0.25, 0.3) is 0 Å². The van der Waals surface area contributed by atoms with Gasteiger partial charge in [0.05, 0.1) is 0 Å². The molecule has 0 saturated carbocycles. The third-order valence-corrected chi connectivity index (χ3v) is 4.35. The van der Waals surface area contributed by atoms with E-state index in [1.54, 1.807) is 19.1 Å². The van der Waals surface area contributed by atoms with Crippen LogP contribution in [0.3, 0.4) is 0 Å². The van der Waals surface area contributed by atoms with Crippen molar-refractivity contribution in [2.75, 3.05) is 13.1 Å². The van der Waals surface area contributed by atoms with Crippen LogP contribution in [-0.4, -0.2) is 29.1 Å². The molecule has 1 fully saturated rings. The van der Waals surface area contributed by atoms with E-state index in [9.17, 15) is 14.3 Å². The molecule has 0 radical (unpaired) electrons. The van der Waals surface area contributed by atoms with Crippen LogP contribution in [0.2, 0.25) is 0 Å². The van der Waals surface area contributed by atoms with Gasteiger partial charge in [0.2, 0.25) is 0 Å². The van der Waals surface area contributed by atoms with Crippen LogP contribution in [0.15, 0.2) is 22.7 Å². The van der Waals surface area contributed by atoms with Gasteiger partial charge < -0.3 is 5.11 Å². The molecule has 3 nitrogen and oxygen atoms in total. The number of likely N-dealkylation sites (tertiary alicyclic amines) is 1. The van der Waals surface area contributed by atoms with E-state index < -0.39 is 17.3 Å². The fraction of sp³-hybridized carbons (Fsp3) is 0.500. The van der Waals surface area contributed by atoms with Crippen LogP contribution in [0.4, 0.5) is 4.39 Å². The second-order valence-corrected chi connectivity index (χ2v) is 5.96. The normalized spacial score (nSPS) is 19.9. The van der Waals surface area contributed by atoms with E-state index in [1.165, 1.54) is 6.07 Å². The molecule has 19 heavy (non-hydrogen) atoms. The number of benzene rings is 1. The van der Waals surface area contributed by atoms with Crippen molar-refractivity contribution < 1.29 is 14.3 Å². The maximum atomic E-state index is 14.1. The van der Waals surface area contributed by atoms with Gasteiger partial charge in [-0.2, -0.15) is 0 Å². The molecule has 1 atom stereocenters. The van der Waals surface area contributed by atoms with Crippen molar-refractivity contribution in [2.45, 2.75) is 31.7 Å². The molecule has 0 aliphatic carbocycles. The molecule has 1 aromatic rings. The Morgan fingerprint density at radius 2 is 2.00 bits per heavy atom. The summed E-state index contributed by atoms with van der Waals surface area (Å²) in [4.78, 5) is 13.6. The predicted octanol–water partition coefficient (Wildman–Crippen LogP) is 3.37. The summed E-state index contributed by atoms with van der Waals surface area (Å²) in [5, 5.41) is 9.61. The molecule has 1 aliphatic rings. The summed E-state index contributed by atoms with van der Waals surface area (Å²) in [5.74, 6) is -1.49. The van der Waals surface area contributed by atoms with E-state index in [-0.39, 0.29) is 5.56 Å². The van der Waals surface area contributed by atoms with Gasteiger partial charge in [-0.3, -0.25) is 4.90 Å². The number of rotatable bonds is 3. The molecule has 1 unspecified atom stereocenters. The Morgan fingerprint density at radius 1 is 1.37 bits per heavy atom. The molecule has 0 aromatic heterocycles. The summed E-state index contributed by atoms with van der Waals surface area (Å²) in [6.45, 7) is 2.98. The molecular weight excluding hydrogens is 313 g/mol. The maximum absolute atomic E-state index is 14.1. The van der Waals surface area contributed by atoms with Crippen LogP contribution in [0, 0.1) is 5.82 Å². The zero-order valence-corrected chi connectivity index (χ0v) is 12.4. The van der Waals surface area contributed by atoms with Gasteiger partial charge in [0, 0.05) is 10.0 Å². The first-order chi connectivity index (χ1) is 8.96. The number of halogens is 2. The molecule has 1 saturated heterocycles. The number of carbonyl (C=O) groups is 1. The molecule has 1 aliphatic heterocycles. The van der Waals surface area contributed by atoms with Gasteiger partial charge in [-0.05, 0) is 45.0 Å². The molecular formula is C14H17BrFNO2. The lowest BCUT2D eigenvalue weighted by molar-refractivity contribution is -0.152. The summed E-state index contributed by atoms with van der Waals surface area (Å²) in [6.07, 6.45) is 3.02. The van der Waals surface area contributed by atoms with Gasteiger partial charge in [-0.1, -0.05) is 28.4 Å². The van der Waals surface area contributed by atoms with Crippen molar-refractivity contribution in [3.8, 4) is 0 Å². The number of hydrogen-bond acceptors (Lipinski definition) is 2. The molecule has 0 bridgehead atoms. The Morgan fingerprint density at radius 3 is 2.53 bits per heavy atom. The van der Waals surface area contributed by atoms with E-state index in [0.29, 0.717) is 17.6 Å². The Bertz CT molecular complexity index is 488. The van der Waals surface area contributed by atoms with Crippen molar-refractivity contribution in [2.24, 2.45) is 0 Å². The van der Waals surface area contributed by atoms with Crippen LogP contribution >= 0.6 is 15.9 Å². The van der Waals surface area contributed by atoms with Crippen molar-refractivity contribution >= 4 is 21.9 Å². The molecule has 0 amide bonds. The summed E-state index contributed by atoms with van der Waals surface area (Å²) in [5.41, 5.74) is -1.07. The summed E-state index contributed by atoms with van der Waals surface area (Å²) in [6, 6.07) is 4.56. The van der Waals surface area contributed by atoms with Crippen LogP contribution in [0.1, 0.15) is 31.7 Å². The Hall–Kier alpha value is -0.940. The highest BCUT2D eigenvalue weighted by Crippen LogP contribution is 2.34. The van der Waals surface area contributed by atoms with E-state index >= 15 is 0 Å². The minimum absolute atomic E-state index is 0.227. The topological polar surface area (TPSA) is 40.5 Å². The second kappa shape index (κ2) is 5.59. The zero-order chi connectivity index (χ0) is 14.0. The van der Waals surface area contributed by atoms with Crippen molar-refractivity contribution in [1.82, 2.24) is 4.90 Å². The van der Waals surface area contributed by atoms with Gasteiger partial charge in [-0.25, -0.2) is 9.18 Å². The van der Waals surface area contributed by atoms with E-state index in [0.717, 1.165) is 19.3 Å². The molecule has 2 rings (SSSR count). The van der Waals surface area contributed by atoms with Crippen LogP contribution < -0.4 is 0 Å². The van der Waals surface area contributed by atoms with Gasteiger partial charge in [0.1, 0.15) is 11.4 Å². The first kappa shape index (κ1) is 14.5. The number of carboxylic acids is 1. The maximum Gasteiger partial charge on any atom is 0.328 e. The minimum atomic E-state index is -1.30. The number of aliphatic carboxylic acids is 1. The highest BCUT2D eigenvalue weighted by Gasteiger charge is 2.43. The number of carboxylic acid groups (broad SMARTS) is 1. The van der Waals surface area contributed by atoms with Crippen molar-refractivity contribution in [3.05, 3.63) is 34.1 Å². The third-order valence-electron chi connectivity index (χ3n) is 3.86. The Kier molecular flexibility index (Phi) is 4.26. The molecule has 5 heteroatoms. The van der Waals surface area contributed by atoms with E-state index in [4.69, 9.17) is 0 Å². The van der Waals surface area contributed by atoms with Gasteiger partial charge in [0.15, 0.2) is 0 Å². The standard InChI is InChI=1S/C14H17BrFNO2/c1-14(13(18)19,17-7-3-2-4-8-17)11-6-5-10(15)9-12(11)16/h5-6,9H,2-4,7-8H2,1H3,(H,18,19). The van der Waals surface area contributed by atoms with Crippen LogP contribution in [-0.2, 0) is 10.3 Å². The lowest BCUT2D eigenvalue weighted by Gasteiger charge is -2.40. The summed E-state index contributed by atoms with van der Waals surface area (Å²) < 4.78 is 14.8. The fourth-order valence-electron chi connectivity index (χ4n) is 2.65. The zero-order valence-electron chi connectivity index (χ0n) is 10.8. The largest absolute Gasteiger partial charge is 0.480 e. The first-order valence-electron chi connectivity index (χ1n) is 6.40.